The Hall–Kier alpha value is -8.70. The normalized spacial score (nSPS) is 14.8. The van der Waals surface area contributed by atoms with Gasteiger partial charge in [-0.3, -0.25) is 9.59 Å². The summed E-state index contributed by atoms with van der Waals surface area (Å²) in [5, 5.41) is 0. The van der Waals surface area contributed by atoms with Crippen molar-refractivity contribution in [3.8, 4) is 0 Å². The summed E-state index contributed by atoms with van der Waals surface area (Å²) in [6, 6.07) is 52.4. The fourth-order valence-corrected chi connectivity index (χ4v) is 9.86. The highest BCUT2D eigenvalue weighted by Gasteiger charge is 2.74. The molecule has 294 valence electrons. The Morgan fingerprint density at radius 3 is 0.698 bits per heavy atom. The number of hydrogen-bond donors (Lipinski definition) is 0. The van der Waals surface area contributed by atoms with E-state index >= 15 is 9.59 Å². The molecule has 13 rings (SSSR count). The van der Waals surface area contributed by atoms with Crippen molar-refractivity contribution in [1.82, 2.24) is 39.9 Å². The maximum Gasteiger partial charge on any atom is 0.330 e. The van der Waals surface area contributed by atoms with Crippen LogP contribution in [0.25, 0.3) is 88.3 Å². The number of hydrogen-bond acceptors (Lipinski definition) is 11. The van der Waals surface area contributed by atoms with E-state index in [9.17, 15) is 0 Å². The molecule has 11 nitrogen and oxygen atoms in total. The Labute approximate surface area is 356 Å². The summed E-state index contributed by atoms with van der Waals surface area (Å²) >= 11 is 0. The Bertz CT molecular complexity index is 3490. The molecule has 8 aromatic carbocycles. The lowest BCUT2D eigenvalue weighted by molar-refractivity contribution is -0.154. The largest absolute Gasteiger partial charge is 0.391 e. The molecule has 1 fully saturated rings. The maximum absolute atomic E-state index is 16.2. The van der Waals surface area contributed by atoms with Crippen LogP contribution >= 0.6 is 0 Å². The lowest BCUT2D eigenvalue weighted by Crippen LogP contribution is -2.54. The van der Waals surface area contributed by atoms with Crippen molar-refractivity contribution in [3.63, 3.8) is 0 Å². The summed E-state index contributed by atoms with van der Waals surface area (Å²) in [7, 11) is 0. The zero-order chi connectivity index (χ0) is 41.9. The molecule has 0 saturated carbocycles. The molecule has 0 aliphatic carbocycles. The number of carbonyl (C=O) groups is 2. The molecule has 1 saturated heterocycles. The van der Waals surface area contributed by atoms with Crippen LogP contribution < -0.4 is 0 Å². The van der Waals surface area contributed by atoms with Crippen LogP contribution in [0.3, 0.4) is 0 Å². The highest BCUT2D eigenvalue weighted by Crippen LogP contribution is 2.61. The SMILES string of the molecule is O=C1OC(=O)C(c2cccc3nc4ccccc4nc23)(c2cccc3nc4ccccc4nc23)C1(c1cccc2nc3ccccc3nc12)c1cccc2nc3ccccc3nc12. The fraction of sp³-hybridized carbons (Fsp3) is 0.0385. The Morgan fingerprint density at radius 1 is 0.254 bits per heavy atom. The number of nitrogens with zero attached hydrogens (tertiary/aromatic N) is 8. The molecule has 4 aromatic heterocycles. The van der Waals surface area contributed by atoms with E-state index in [1.54, 1.807) is 0 Å². The molecule has 1 aliphatic heterocycles. The van der Waals surface area contributed by atoms with Crippen LogP contribution in [0.4, 0.5) is 0 Å². The van der Waals surface area contributed by atoms with Crippen LogP contribution in [-0.2, 0) is 25.2 Å². The number of ether oxygens (including phenoxy) is 1. The molecule has 1 aliphatic rings. The standard InChI is InChI=1S/C52H28N8O3/c61-49-51(29-13-9-25-41-45(29)57-37-21-5-1-17-33(37)53-41,30-14-10-26-42-46(30)58-38-22-6-2-18-34(38)54-42)52(50(62)63-49,31-15-11-27-43-47(31)59-39-23-7-3-19-35(39)55-43)32-16-12-28-44-48(32)60-40-24-8-4-20-36(40)56-44/h1-28H. The van der Waals surface area contributed by atoms with Crippen LogP contribution in [0.2, 0.25) is 0 Å². The summed E-state index contributed by atoms with van der Waals surface area (Å²) < 4.78 is 6.29. The lowest BCUT2D eigenvalue weighted by atomic mass is 9.52. The molecule has 0 atom stereocenters. The van der Waals surface area contributed by atoms with Crippen LogP contribution in [0, 0.1) is 0 Å². The number of aromatic nitrogens is 8. The molecule has 0 spiro atoms. The highest BCUT2D eigenvalue weighted by molar-refractivity contribution is 6.19. The van der Waals surface area contributed by atoms with E-state index in [-0.39, 0.29) is 0 Å². The molecular weight excluding hydrogens is 785 g/mol. The lowest BCUT2D eigenvalue weighted by Gasteiger charge is -2.42. The topological polar surface area (TPSA) is 146 Å². The van der Waals surface area contributed by atoms with Gasteiger partial charge < -0.3 is 4.74 Å². The van der Waals surface area contributed by atoms with Gasteiger partial charge in [0.2, 0.25) is 0 Å². The van der Waals surface area contributed by atoms with Gasteiger partial charge in [0.05, 0.1) is 88.3 Å². The van der Waals surface area contributed by atoms with Crippen molar-refractivity contribution >= 4 is 100 Å². The van der Waals surface area contributed by atoms with Gasteiger partial charge in [-0.25, -0.2) is 39.9 Å². The number of cyclic esters (lactones) is 2. The van der Waals surface area contributed by atoms with Crippen LogP contribution in [0.15, 0.2) is 170 Å². The molecule has 0 amide bonds. The summed E-state index contributed by atoms with van der Waals surface area (Å²) in [6.45, 7) is 0. The first-order valence-electron chi connectivity index (χ1n) is 20.4. The van der Waals surface area contributed by atoms with E-state index in [1.165, 1.54) is 0 Å². The van der Waals surface area contributed by atoms with Crippen LogP contribution in [0.5, 0.6) is 0 Å². The minimum Gasteiger partial charge on any atom is -0.391 e. The summed E-state index contributed by atoms with van der Waals surface area (Å²) in [5.41, 5.74) is 5.95. The van der Waals surface area contributed by atoms with Crippen molar-refractivity contribution in [2.75, 3.05) is 0 Å². The summed E-state index contributed by atoms with van der Waals surface area (Å²) in [5.74, 6) is -1.68. The monoisotopic (exact) mass is 812 g/mol. The number of fused-ring (bicyclic) bond motifs is 8. The predicted octanol–water partition coefficient (Wildman–Crippen LogP) is 9.43. The predicted molar refractivity (Wildman–Crippen MR) is 241 cm³/mol. The first kappa shape index (κ1) is 35.1. The third-order valence-electron chi connectivity index (χ3n) is 12.5. The number of esters is 2. The minimum absolute atomic E-state index is 0.369. The zero-order valence-electron chi connectivity index (χ0n) is 33.0. The van der Waals surface area contributed by atoms with E-state index in [2.05, 4.69) is 0 Å². The Morgan fingerprint density at radius 2 is 0.460 bits per heavy atom. The molecule has 11 heteroatoms. The minimum atomic E-state index is -2.11. The molecule has 0 unspecified atom stereocenters. The van der Waals surface area contributed by atoms with E-state index in [4.69, 9.17) is 44.6 Å². The highest BCUT2D eigenvalue weighted by atomic mass is 16.6. The third kappa shape index (κ3) is 4.72. The van der Waals surface area contributed by atoms with Gasteiger partial charge in [-0.05, 0) is 72.8 Å². The number of para-hydroxylation sites is 12. The van der Waals surface area contributed by atoms with Gasteiger partial charge in [0.25, 0.3) is 0 Å². The molecule has 63 heavy (non-hydrogen) atoms. The van der Waals surface area contributed by atoms with Crippen molar-refractivity contribution < 1.29 is 14.3 Å². The van der Waals surface area contributed by atoms with Gasteiger partial charge in [0.1, 0.15) is 10.8 Å². The van der Waals surface area contributed by atoms with Gasteiger partial charge in [-0.15, -0.1) is 0 Å². The average molecular weight is 813 g/mol. The number of benzene rings is 8. The van der Waals surface area contributed by atoms with Gasteiger partial charge in [0, 0.05) is 22.3 Å². The first-order chi connectivity index (χ1) is 31.0. The summed E-state index contributed by atoms with van der Waals surface area (Å²) in [4.78, 5) is 73.7. The van der Waals surface area contributed by atoms with Crippen LogP contribution in [-0.4, -0.2) is 51.8 Å². The van der Waals surface area contributed by atoms with Crippen molar-refractivity contribution in [2.24, 2.45) is 0 Å². The fourth-order valence-electron chi connectivity index (χ4n) is 9.86. The van der Waals surface area contributed by atoms with Gasteiger partial charge in [0.15, 0.2) is 0 Å². The van der Waals surface area contributed by atoms with Gasteiger partial charge in [-0.2, -0.15) is 0 Å². The van der Waals surface area contributed by atoms with E-state index < -0.39 is 22.8 Å². The summed E-state index contributed by atoms with van der Waals surface area (Å²) in [6.07, 6.45) is 0. The smallest absolute Gasteiger partial charge is 0.330 e. The van der Waals surface area contributed by atoms with Crippen molar-refractivity contribution in [2.45, 2.75) is 10.8 Å². The number of rotatable bonds is 4. The second kappa shape index (κ2) is 12.9. The Kier molecular flexibility index (Phi) is 7.19. The van der Waals surface area contributed by atoms with Gasteiger partial charge >= 0.3 is 11.9 Å². The number of carbonyl (C=O) groups excluding carboxylic acids is 2. The molecule has 0 bridgehead atoms. The molecule has 0 N–H and O–H groups in total. The van der Waals surface area contributed by atoms with Crippen LogP contribution in [0.1, 0.15) is 22.3 Å². The first-order valence-corrected chi connectivity index (χ1v) is 20.4. The maximum atomic E-state index is 16.2. The third-order valence-corrected chi connectivity index (χ3v) is 12.5. The molecular formula is C52H28N8O3. The Balaban J connectivity index is 1.31. The van der Waals surface area contributed by atoms with E-state index in [0.717, 1.165) is 0 Å². The molecule has 5 heterocycles. The second-order valence-electron chi connectivity index (χ2n) is 15.7. The molecule has 12 aromatic rings. The molecule has 0 radical (unpaired) electrons. The second-order valence-corrected chi connectivity index (χ2v) is 15.7. The van der Waals surface area contributed by atoms with E-state index in [0.29, 0.717) is 111 Å². The zero-order valence-corrected chi connectivity index (χ0v) is 33.0. The van der Waals surface area contributed by atoms with Crippen molar-refractivity contribution in [1.29, 1.82) is 0 Å². The van der Waals surface area contributed by atoms with Gasteiger partial charge in [-0.1, -0.05) is 97.1 Å². The van der Waals surface area contributed by atoms with Crippen molar-refractivity contribution in [3.05, 3.63) is 192 Å². The average Bonchev–Trinajstić information content (AvgIpc) is 3.56. The quantitative estimate of drug-likeness (QED) is 0.0951. The van der Waals surface area contributed by atoms with E-state index in [1.807, 2.05) is 170 Å².